The lowest BCUT2D eigenvalue weighted by molar-refractivity contribution is -0.114. The van der Waals surface area contributed by atoms with Gasteiger partial charge >= 0.3 is 0 Å². The molecule has 0 atom stereocenters. The summed E-state index contributed by atoms with van der Waals surface area (Å²) in [5.41, 5.74) is 3.59. The Bertz CT molecular complexity index is 1390. The minimum absolute atomic E-state index is 0.121. The average molecular weight is 487 g/mol. The molecule has 2 aromatic heterocycles. The molecule has 2 N–H and O–H groups in total. The van der Waals surface area contributed by atoms with Crippen LogP contribution in [0.2, 0.25) is 5.02 Å². The Kier molecular flexibility index (Phi) is 7.36. The van der Waals surface area contributed by atoms with Crippen LogP contribution in [0, 0.1) is 0 Å². The molecule has 4 aromatic rings. The van der Waals surface area contributed by atoms with E-state index in [0.717, 1.165) is 11.4 Å². The molecule has 10 heteroatoms. The van der Waals surface area contributed by atoms with E-state index < -0.39 is 0 Å². The van der Waals surface area contributed by atoms with Gasteiger partial charge in [-0.1, -0.05) is 35.9 Å². The highest BCUT2D eigenvalue weighted by Gasteiger charge is 2.14. The van der Waals surface area contributed by atoms with Crippen molar-refractivity contribution in [2.75, 3.05) is 30.8 Å². The first kappa shape index (κ1) is 24.3. The molecule has 4 rings (SSSR count). The number of aromatic nitrogens is 3. The number of carbonyl (C=O) groups excluding carboxylic acids is 2. The molecule has 2 aromatic carbocycles. The van der Waals surface area contributed by atoms with Crippen LogP contribution in [-0.4, -0.2) is 59.3 Å². The second kappa shape index (κ2) is 10.6. The molecule has 0 aliphatic rings. The molecule has 0 saturated heterocycles. The lowest BCUT2D eigenvalue weighted by Crippen LogP contribution is -2.29. The van der Waals surface area contributed by atoms with Crippen molar-refractivity contribution >= 4 is 53.9 Å². The maximum atomic E-state index is 12.8. The molecule has 0 saturated carbocycles. The maximum Gasteiger partial charge on any atom is 0.253 e. The van der Waals surface area contributed by atoms with Crippen LogP contribution in [0.15, 0.2) is 60.8 Å². The van der Waals surface area contributed by atoms with Gasteiger partial charge in [-0.2, -0.15) is 9.61 Å². The SMILES string of the molecule is [B]c1cnn2c(NCCCN(C)C(=O)c3cccc(NC(C)=O)c3)cc(-c3ccccc3Cl)nc12. The number of nitrogens with one attached hydrogen (secondary N) is 2. The minimum Gasteiger partial charge on any atom is -0.370 e. The maximum absolute atomic E-state index is 12.8. The van der Waals surface area contributed by atoms with E-state index in [4.69, 9.17) is 19.4 Å². The second-order valence-corrected chi connectivity index (χ2v) is 8.52. The molecule has 0 bridgehead atoms. The van der Waals surface area contributed by atoms with Crippen LogP contribution < -0.4 is 16.1 Å². The number of hydrogen-bond donors (Lipinski definition) is 2. The summed E-state index contributed by atoms with van der Waals surface area (Å²) in [6.45, 7) is 2.55. The fraction of sp³-hybridized carbons (Fsp3) is 0.200. The number of anilines is 2. The van der Waals surface area contributed by atoms with E-state index in [0.29, 0.717) is 52.6 Å². The van der Waals surface area contributed by atoms with Gasteiger partial charge in [0.15, 0.2) is 5.65 Å². The normalized spacial score (nSPS) is 10.8. The third-order valence-electron chi connectivity index (χ3n) is 5.40. The van der Waals surface area contributed by atoms with E-state index in [-0.39, 0.29) is 11.8 Å². The molecular weight excluding hydrogens is 463 g/mol. The number of amides is 2. The second-order valence-electron chi connectivity index (χ2n) is 8.11. The lowest BCUT2D eigenvalue weighted by Gasteiger charge is -2.18. The first-order valence-electron chi connectivity index (χ1n) is 11.1. The molecule has 2 heterocycles. The standard InChI is InChI=1S/C25H24BClN6O2/c1-16(34)30-18-8-5-7-17(13-18)25(35)32(2)12-6-11-28-23-14-22(19-9-3-4-10-21(19)27)31-24-20(26)15-29-33(23)24/h3-5,7-10,13-15,28H,6,11-12H2,1-2H3,(H,30,34). The minimum atomic E-state index is -0.184. The number of halogens is 1. The van der Waals surface area contributed by atoms with Crippen molar-refractivity contribution in [1.82, 2.24) is 19.5 Å². The molecule has 0 fully saturated rings. The van der Waals surface area contributed by atoms with Crippen LogP contribution in [0.1, 0.15) is 23.7 Å². The summed E-state index contributed by atoms with van der Waals surface area (Å²) in [4.78, 5) is 30.4. The third-order valence-corrected chi connectivity index (χ3v) is 5.73. The first-order valence-corrected chi connectivity index (χ1v) is 11.5. The summed E-state index contributed by atoms with van der Waals surface area (Å²) in [6.07, 6.45) is 2.25. The van der Waals surface area contributed by atoms with Crippen molar-refractivity contribution in [3.05, 3.63) is 71.4 Å². The van der Waals surface area contributed by atoms with Crippen molar-refractivity contribution in [3.8, 4) is 11.3 Å². The van der Waals surface area contributed by atoms with E-state index in [1.54, 1.807) is 46.9 Å². The zero-order valence-corrected chi connectivity index (χ0v) is 20.2. The van der Waals surface area contributed by atoms with Gasteiger partial charge in [-0.25, -0.2) is 4.98 Å². The van der Waals surface area contributed by atoms with E-state index in [9.17, 15) is 9.59 Å². The van der Waals surface area contributed by atoms with Crippen molar-refractivity contribution < 1.29 is 9.59 Å². The van der Waals surface area contributed by atoms with E-state index >= 15 is 0 Å². The van der Waals surface area contributed by atoms with Crippen molar-refractivity contribution in [2.45, 2.75) is 13.3 Å². The zero-order valence-electron chi connectivity index (χ0n) is 19.5. The van der Waals surface area contributed by atoms with Gasteiger partial charge in [0.05, 0.1) is 5.69 Å². The Morgan fingerprint density at radius 3 is 2.71 bits per heavy atom. The molecule has 0 unspecified atom stereocenters. The molecule has 2 radical (unpaired) electrons. The Labute approximate surface area is 209 Å². The molecule has 0 aliphatic carbocycles. The number of carbonyl (C=O) groups is 2. The van der Waals surface area contributed by atoms with Gasteiger partial charge < -0.3 is 15.5 Å². The summed E-state index contributed by atoms with van der Waals surface area (Å²) in [7, 11) is 7.83. The third kappa shape index (κ3) is 5.63. The predicted octanol–water partition coefficient (Wildman–Crippen LogP) is 3.38. The largest absolute Gasteiger partial charge is 0.370 e. The van der Waals surface area contributed by atoms with Crippen molar-refractivity contribution in [1.29, 1.82) is 0 Å². The van der Waals surface area contributed by atoms with E-state index in [2.05, 4.69) is 20.7 Å². The van der Waals surface area contributed by atoms with Crippen LogP contribution in [0.25, 0.3) is 16.9 Å². The van der Waals surface area contributed by atoms with Gasteiger partial charge in [0.2, 0.25) is 5.91 Å². The highest BCUT2D eigenvalue weighted by Crippen LogP contribution is 2.28. The Morgan fingerprint density at radius 1 is 1.14 bits per heavy atom. The van der Waals surface area contributed by atoms with Gasteiger partial charge in [0.25, 0.3) is 5.91 Å². The quantitative estimate of drug-likeness (QED) is 0.294. The summed E-state index contributed by atoms with van der Waals surface area (Å²) in [5.74, 6) is 0.416. The Morgan fingerprint density at radius 2 is 1.94 bits per heavy atom. The fourth-order valence-electron chi connectivity index (χ4n) is 3.70. The van der Waals surface area contributed by atoms with Crippen LogP contribution in [0.5, 0.6) is 0 Å². The number of rotatable bonds is 8. The van der Waals surface area contributed by atoms with E-state index in [1.165, 1.54) is 6.92 Å². The summed E-state index contributed by atoms with van der Waals surface area (Å²) in [6, 6.07) is 16.3. The summed E-state index contributed by atoms with van der Waals surface area (Å²) >= 11 is 6.38. The van der Waals surface area contributed by atoms with E-state index in [1.807, 2.05) is 30.3 Å². The number of fused-ring (bicyclic) bond motifs is 1. The van der Waals surface area contributed by atoms with Crippen LogP contribution in [0.4, 0.5) is 11.5 Å². The van der Waals surface area contributed by atoms with Crippen LogP contribution in [0.3, 0.4) is 0 Å². The molecule has 8 nitrogen and oxygen atoms in total. The summed E-state index contributed by atoms with van der Waals surface area (Å²) < 4.78 is 1.65. The van der Waals surface area contributed by atoms with Gasteiger partial charge in [0.1, 0.15) is 13.7 Å². The molecule has 0 spiro atoms. The molecule has 176 valence electrons. The number of benzene rings is 2. The Hall–Kier alpha value is -3.85. The van der Waals surface area contributed by atoms with Gasteiger partial charge in [-0.3, -0.25) is 9.59 Å². The van der Waals surface area contributed by atoms with Crippen molar-refractivity contribution in [3.63, 3.8) is 0 Å². The van der Waals surface area contributed by atoms with Crippen molar-refractivity contribution in [2.24, 2.45) is 0 Å². The smallest absolute Gasteiger partial charge is 0.253 e. The number of hydrogen-bond acceptors (Lipinski definition) is 5. The van der Waals surface area contributed by atoms with Gasteiger partial charge in [0, 0.05) is 61.2 Å². The first-order chi connectivity index (χ1) is 16.8. The van der Waals surface area contributed by atoms with Gasteiger partial charge in [-0.05, 0) is 36.1 Å². The zero-order chi connectivity index (χ0) is 24.9. The Balaban J connectivity index is 1.42. The average Bonchev–Trinajstić information content (AvgIpc) is 3.22. The van der Waals surface area contributed by atoms with Gasteiger partial charge in [-0.15, -0.1) is 0 Å². The highest BCUT2D eigenvalue weighted by atomic mass is 35.5. The topological polar surface area (TPSA) is 91.6 Å². The molecule has 35 heavy (non-hydrogen) atoms. The monoisotopic (exact) mass is 486 g/mol. The lowest BCUT2D eigenvalue weighted by atomic mass is 10.0. The summed E-state index contributed by atoms with van der Waals surface area (Å²) in [5, 5.41) is 11.0. The highest BCUT2D eigenvalue weighted by molar-refractivity contribution is 6.36. The molecule has 0 aliphatic heterocycles. The van der Waals surface area contributed by atoms with Crippen LogP contribution in [-0.2, 0) is 4.79 Å². The fourth-order valence-corrected chi connectivity index (χ4v) is 3.93. The number of nitrogens with zero attached hydrogens (tertiary/aromatic N) is 4. The van der Waals surface area contributed by atoms with Crippen LogP contribution >= 0.6 is 11.6 Å². The molecule has 2 amide bonds. The predicted molar refractivity (Wildman–Crippen MR) is 140 cm³/mol. The molecular formula is C25H24BClN6O2.